The van der Waals surface area contributed by atoms with E-state index in [1.807, 2.05) is 25.1 Å². The number of ether oxygens (including phenoxy) is 1. The topological polar surface area (TPSA) is 50.7 Å². The van der Waals surface area contributed by atoms with Crippen molar-refractivity contribution in [3.8, 4) is 0 Å². The van der Waals surface area contributed by atoms with Gasteiger partial charge in [0.1, 0.15) is 0 Å². The normalized spacial score (nSPS) is 12.2. The fraction of sp³-hybridized carbons (Fsp3) is 0.176. The number of nitrogens with one attached hydrogen (secondary N) is 1. The first kappa shape index (κ1) is 15.9. The van der Waals surface area contributed by atoms with Crippen LogP contribution in [0.15, 0.2) is 29.3 Å². The van der Waals surface area contributed by atoms with Crippen LogP contribution in [-0.2, 0) is 11.2 Å². The molecule has 2 aromatic rings. The molecule has 6 heteroatoms. The number of hydrogen-bond acceptors (Lipinski definition) is 4. The lowest BCUT2D eigenvalue weighted by Crippen LogP contribution is -2.09. The summed E-state index contributed by atoms with van der Waals surface area (Å²) in [5, 5.41) is 3.05. The molecule has 0 atom stereocenters. The third-order valence-corrected chi connectivity index (χ3v) is 4.39. The molecule has 0 amide bonds. The number of esters is 1. The fourth-order valence-electron chi connectivity index (χ4n) is 2.52. The van der Waals surface area contributed by atoms with E-state index in [0.29, 0.717) is 17.7 Å². The van der Waals surface area contributed by atoms with Gasteiger partial charge in [0, 0.05) is 27.5 Å². The van der Waals surface area contributed by atoms with Gasteiger partial charge in [0.15, 0.2) is 5.82 Å². The molecule has 1 aliphatic rings. The monoisotopic (exact) mass is 424 g/mol. The minimum atomic E-state index is -0.598. The predicted octanol–water partition coefficient (Wildman–Crippen LogP) is 4.53. The molecule has 2 aromatic carbocycles. The van der Waals surface area contributed by atoms with Crippen molar-refractivity contribution in [2.24, 2.45) is 4.99 Å². The third-order valence-electron chi connectivity index (χ3n) is 3.72. The SMILES string of the molecule is COC(=O)c1cc2c(c(F)c1Nc1ccc(I)cc1C)CC=N2. The Morgan fingerprint density at radius 2 is 2.17 bits per heavy atom. The Hall–Kier alpha value is -1.96. The second kappa shape index (κ2) is 6.27. The van der Waals surface area contributed by atoms with Crippen LogP contribution in [0.5, 0.6) is 0 Å². The number of aryl methyl sites for hydroxylation is 1. The molecular formula is C17H14FIN2O2. The highest BCUT2D eigenvalue weighted by molar-refractivity contribution is 14.1. The smallest absolute Gasteiger partial charge is 0.340 e. The summed E-state index contributed by atoms with van der Waals surface area (Å²) in [7, 11) is 1.27. The average Bonchev–Trinajstić information content (AvgIpc) is 3.00. The van der Waals surface area contributed by atoms with Crippen molar-refractivity contribution in [3.63, 3.8) is 0 Å². The van der Waals surface area contributed by atoms with Gasteiger partial charge in [-0.15, -0.1) is 0 Å². The molecule has 0 saturated carbocycles. The second-order valence-electron chi connectivity index (χ2n) is 5.20. The molecule has 0 radical (unpaired) electrons. The molecule has 23 heavy (non-hydrogen) atoms. The number of fused-ring (bicyclic) bond motifs is 1. The van der Waals surface area contributed by atoms with E-state index in [0.717, 1.165) is 14.8 Å². The van der Waals surface area contributed by atoms with Gasteiger partial charge >= 0.3 is 5.97 Å². The van der Waals surface area contributed by atoms with Crippen molar-refractivity contribution in [2.45, 2.75) is 13.3 Å². The van der Waals surface area contributed by atoms with Gasteiger partial charge in [-0.05, 0) is 59.3 Å². The van der Waals surface area contributed by atoms with Gasteiger partial charge in [-0.1, -0.05) is 0 Å². The molecule has 0 aliphatic carbocycles. The lowest BCUT2D eigenvalue weighted by Gasteiger charge is -2.16. The highest BCUT2D eigenvalue weighted by atomic mass is 127. The number of aliphatic imine (C=N–C) groups is 1. The largest absolute Gasteiger partial charge is 0.465 e. The number of carbonyl (C=O) groups is 1. The van der Waals surface area contributed by atoms with E-state index in [4.69, 9.17) is 4.74 Å². The van der Waals surface area contributed by atoms with Gasteiger partial charge in [-0.2, -0.15) is 0 Å². The van der Waals surface area contributed by atoms with E-state index < -0.39 is 11.8 Å². The first-order chi connectivity index (χ1) is 11.0. The maximum atomic E-state index is 14.9. The van der Waals surface area contributed by atoms with Crippen LogP contribution >= 0.6 is 22.6 Å². The summed E-state index contributed by atoms with van der Waals surface area (Å²) in [6, 6.07) is 7.33. The Kier molecular flexibility index (Phi) is 4.34. The van der Waals surface area contributed by atoms with E-state index >= 15 is 0 Å². The van der Waals surface area contributed by atoms with Crippen molar-refractivity contribution < 1.29 is 13.9 Å². The molecule has 0 saturated heterocycles. The molecule has 0 unspecified atom stereocenters. The number of benzene rings is 2. The molecule has 0 aromatic heterocycles. The van der Waals surface area contributed by atoms with E-state index in [2.05, 4.69) is 32.9 Å². The molecule has 1 aliphatic heterocycles. The van der Waals surface area contributed by atoms with E-state index in [1.165, 1.54) is 7.11 Å². The van der Waals surface area contributed by atoms with Crippen LogP contribution in [0.1, 0.15) is 21.5 Å². The summed E-state index contributed by atoms with van der Waals surface area (Å²) in [6.45, 7) is 1.93. The minimum absolute atomic E-state index is 0.130. The molecular weight excluding hydrogens is 410 g/mol. The van der Waals surface area contributed by atoms with Gasteiger partial charge in [-0.25, -0.2) is 9.18 Å². The predicted molar refractivity (Wildman–Crippen MR) is 96.8 cm³/mol. The Bertz CT molecular complexity index is 834. The Morgan fingerprint density at radius 3 is 2.87 bits per heavy atom. The van der Waals surface area contributed by atoms with Crippen molar-refractivity contribution in [3.05, 3.63) is 50.3 Å². The van der Waals surface area contributed by atoms with Crippen molar-refractivity contribution >= 4 is 51.8 Å². The standard InChI is InChI=1S/C17H14FIN2O2/c1-9-7-10(19)3-4-13(9)21-16-12(17(22)23-2)8-14-11(15(16)18)5-6-20-14/h3-4,6-8,21H,5H2,1-2H3. The Morgan fingerprint density at radius 1 is 1.39 bits per heavy atom. The fourth-order valence-corrected chi connectivity index (χ4v) is 3.16. The number of anilines is 2. The van der Waals surface area contributed by atoms with Gasteiger partial charge < -0.3 is 10.1 Å². The summed E-state index contributed by atoms with van der Waals surface area (Å²) >= 11 is 2.21. The van der Waals surface area contributed by atoms with Crippen LogP contribution in [-0.4, -0.2) is 19.3 Å². The first-order valence-corrected chi connectivity index (χ1v) is 8.08. The summed E-state index contributed by atoms with van der Waals surface area (Å²) < 4.78 is 20.7. The number of rotatable bonds is 3. The zero-order valence-electron chi connectivity index (χ0n) is 12.6. The lowest BCUT2D eigenvalue weighted by molar-refractivity contribution is 0.0601. The van der Waals surface area contributed by atoms with Crippen molar-refractivity contribution in [1.29, 1.82) is 0 Å². The summed E-state index contributed by atoms with van der Waals surface area (Å²) in [5.74, 6) is -1.06. The molecule has 0 spiro atoms. The molecule has 1 N–H and O–H groups in total. The Labute approximate surface area is 146 Å². The minimum Gasteiger partial charge on any atom is -0.465 e. The summed E-state index contributed by atoms with van der Waals surface area (Å²) in [6.07, 6.45) is 2.05. The van der Waals surface area contributed by atoms with Gasteiger partial charge in [0.05, 0.1) is 24.0 Å². The van der Waals surface area contributed by atoms with Crippen LogP contribution in [0.25, 0.3) is 0 Å². The van der Waals surface area contributed by atoms with E-state index in [9.17, 15) is 9.18 Å². The quantitative estimate of drug-likeness (QED) is 0.582. The average molecular weight is 424 g/mol. The van der Waals surface area contributed by atoms with Crippen LogP contribution in [0.4, 0.5) is 21.5 Å². The maximum absolute atomic E-state index is 14.9. The highest BCUT2D eigenvalue weighted by Gasteiger charge is 2.24. The van der Waals surface area contributed by atoms with Crippen LogP contribution in [0.3, 0.4) is 0 Å². The maximum Gasteiger partial charge on any atom is 0.340 e. The number of halogens is 2. The molecule has 118 valence electrons. The Balaban J connectivity index is 2.12. The number of nitrogens with zero attached hydrogens (tertiary/aromatic N) is 1. The van der Waals surface area contributed by atoms with Gasteiger partial charge in [-0.3, -0.25) is 4.99 Å². The number of carbonyl (C=O) groups excluding carboxylic acids is 1. The number of hydrogen-bond donors (Lipinski definition) is 1. The molecule has 3 rings (SSSR count). The van der Waals surface area contributed by atoms with E-state index in [1.54, 1.807) is 12.3 Å². The van der Waals surface area contributed by atoms with Crippen molar-refractivity contribution in [2.75, 3.05) is 12.4 Å². The van der Waals surface area contributed by atoms with Crippen LogP contribution in [0.2, 0.25) is 0 Å². The molecule has 0 fully saturated rings. The second-order valence-corrected chi connectivity index (χ2v) is 6.45. The third kappa shape index (κ3) is 2.95. The zero-order chi connectivity index (χ0) is 16.6. The first-order valence-electron chi connectivity index (χ1n) is 7.00. The van der Waals surface area contributed by atoms with Crippen LogP contribution < -0.4 is 5.32 Å². The van der Waals surface area contributed by atoms with Crippen molar-refractivity contribution in [1.82, 2.24) is 0 Å². The highest BCUT2D eigenvalue weighted by Crippen LogP contribution is 2.36. The summed E-state index contributed by atoms with van der Waals surface area (Å²) in [5.41, 5.74) is 2.94. The number of methoxy groups -OCH3 is 1. The lowest BCUT2D eigenvalue weighted by atomic mass is 10.0. The van der Waals surface area contributed by atoms with Gasteiger partial charge in [0.25, 0.3) is 0 Å². The van der Waals surface area contributed by atoms with Crippen LogP contribution in [0, 0.1) is 16.3 Å². The van der Waals surface area contributed by atoms with E-state index in [-0.39, 0.29) is 11.3 Å². The molecule has 4 nitrogen and oxygen atoms in total. The van der Waals surface area contributed by atoms with Gasteiger partial charge in [0.2, 0.25) is 0 Å². The zero-order valence-corrected chi connectivity index (χ0v) is 14.8. The summed E-state index contributed by atoms with van der Waals surface area (Å²) in [4.78, 5) is 16.1. The molecule has 1 heterocycles. The molecule has 0 bridgehead atoms.